The Morgan fingerprint density at radius 2 is 2.43 bits per heavy atom. The van der Waals surface area contributed by atoms with Crippen LogP contribution in [0.1, 0.15) is 5.82 Å². The van der Waals surface area contributed by atoms with Gasteiger partial charge in [-0.2, -0.15) is 0 Å². The highest BCUT2D eigenvalue weighted by molar-refractivity contribution is 7.89. The molecule has 0 atom stereocenters. The van der Waals surface area contributed by atoms with Crippen molar-refractivity contribution in [2.75, 3.05) is 12.3 Å². The summed E-state index contributed by atoms with van der Waals surface area (Å²) in [6.07, 6.45) is 5.25. The first kappa shape index (κ1) is 10.9. The van der Waals surface area contributed by atoms with Crippen molar-refractivity contribution >= 4 is 10.0 Å². The van der Waals surface area contributed by atoms with Crippen molar-refractivity contribution in [3.63, 3.8) is 0 Å². The number of hydrogen-bond acceptors (Lipinski definition) is 3. The number of nitrogens with one attached hydrogen (secondary N) is 2. The number of imidazole rings is 1. The summed E-state index contributed by atoms with van der Waals surface area (Å²) in [4.78, 5) is 6.86. The Labute approximate surface area is 83.3 Å². The van der Waals surface area contributed by atoms with E-state index in [-0.39, 0.29) is 5.75 Å². The third kappa shape index (κ3) is 3.71. The highest BCUT2D eigenvalue weighted by Gasteiger charge is 2.06. The number of aromatic nitrogens is 2. The molecule has 0 amide bonds. The van der Waals surface area contributed by atoms with Crippen LogP contribution in [0, 0.1) is 0 Å². The molecule has 5 nitrogen and oxygen atoms in total. The third-order valence-electron chi connectivity index (χ3n) is 1.58. The van der Waals surface area contributed by atoms with Crippen molar-refractivity contribution < 1.29 is 8.42 Å². The van der Waals surface area contributed by atoms with Gasteiger partial charge in [0.15, 0.2) is 0 Å². The average molecular weight is 215 g/mol. The summed E-state index contributed by atoms with van der Waals surface area (Å²) in [6.45, 7) is 3.72. The lowest BCUT2D eigenvalue weighted by atomic mass is 10.4. The highest BCUT2D eigenvalue weighted by Crippen LogP contribution is 1.90. The molecule has 1 aromatic heterocycles. The molecule has 0 aliphatic rings. The van der Waals surface area contributed by atoms with E-state index in [4.69, 9.17) is 0 Å². The molecule has 0 aliphatic heterocycles. The average Bonchev–Trinajstić information content (AvgIpc) is 2.56. The van der Waals surface area contributed by atoms with E-state index >= 15 is 0 Å². The normalized spacial score (nSPS) is 11.4. The van der Waals surface area contributed by atoms with E-state index in [0.717, 1.165) is 5.82 Å². The number of aromatic amines is 1. The van der Waals surface area contributed by atoms with E-state index in [1.54, 1.807) is 12.4 Å². The van der Waals surface area contributed by atoms with Crippen molar-refractivity contribution in [3.05, 3.63) is 30.9 Å². The molecular formula is C8H13N3O2S. The van der Waals surface area contributed by atoms with Gasteiger partial charge in [0.25, 0.3) is 0 Å². The fourth-order valence-corrected chi connectivity index (χ4v) is 1.81. The summed E-state index contributed by atoms with van der Waals surface area (Å²) in [7, 11) is -3.19. The molecule has 0 saturated heterocycles. The van der Waals surface area contributed by atoms with Crippen molar-refractivity contribution in [3.8, 4) is 0 Å². The van der Waals surface area contributed by atoms with Crippen LogP contribution in [-0.2, 0) is 16.4 Å². The van der Waals surface area contributed by atoms with E-state index in [1.165, 1.54) is 6.08 Å². The molecule has 1 rings (SSSR count). The lowest BCUT2D eigenvalue weighted by Gasteiger charge is -2.02. The van der Waals surface area contributed by atoms with Crippen LogP contribution in [-0.4, -0.2) is 30.7 Å². The number of H-pyrrole nitrogens is 1. The van der Waals surface area contributed by atoms with Crippen LogP contribution in [0.2, 0.25) is 0 Å². The maximum absolute atomic E-state index is 11.1. The Morgan fingerprint density at radius 3 is 3.00 bits per heavy atom. The molecule has 0 radical (unpaired) electrons. The van der Waals surface area contributed by atoms with Crippen LogP contribution >= 0.6 is 0 Å². The topological polar surface area (TPSA) is 74.8 Å². The van der Waals surface area contributed by atoms with Crippen LogP contribution in [0.25, 0.3) is 0 Å². The number of rotatable bonds is 6. The first-order valence-corrected chi connectivity index (χ1v) is 5.86. The van der Waals surface area contributed by atoms with Gasteiger partial charge in [-0.15, -0.1) is 6.58 Å². The minimum absolute atomic E-state index is 0.0504. The molecule has 0 spiro atoms. The zero-order chi connectivity index (χ0) is 10.4. The van der Waals surface area contributed by atoms with Crippen LogP contribution in [0.4, 0.5) is 0 Å². The minimum atomic E-state index is -3.19. The first-order chi connectivity index (χ1) is 6.64. The van der Waals surface area contributed by atoms with Gasteiger partial charge in [-0.1, -0.05) is 6.08 Å². The molecule has 0 saturated carbocycles. The lowest BCUT2D eigenvalue weighted by molar-refractivity contribution is 0.584. The van der Waals surface area contributed by atoms with Gasteiger partial charge >= 0.3 is 0 Å². The van der Waals surface area contributed by atoms with Gasteiger partial charge in [0.2, 0.25) is 10.0 Å². The zero-order valence-electron chi connectivity index (χ0n) is 7.73. The summed E-state index contributed by atoms with van der Waals surface area (Å²) < 4.78 is 24.7. The molecule has 6 heteroatoms. The van der Waals surface area contributed by atoms with E-state index in [1.807, 2.05) is 0 Å². The number of nitrogens with zero attached hydrogens (tertiary/aromatic N) is 1. The predicted octanol–water partition coefficient (Wildman–Crippen LogP) is 0.0576. The Hall–Kier alpha value is -1.14. The van der Waals surface area contributed by atoms with Crippen LogP contribution in [0.15, 0.2) is 25.0 Å². The molecule has 0 bridgehead atoms. The summed E-state index contributed by atoms with van der Waals surface area (Å²) in [5.74, 6) is 0.719. The van der Waals surface area contributed by atoms with Gasteiger partial charge in [-0.25, -0.2) is 18.1 Å². The fraction of sp³-hybridized carbons (Fsp3) is 0.375. The molecule has 0 fully saturated rings. The second-order valence-corrected chi connectivity index (χ2v) is 4.60. The highest BCUT2D eigenvalue weighted by atomic mass is 32.2. The van der Waals surface area contributed by atoms with Gasteiger partial charge in [-0.05, 0) is 0 Å². The molecule has 14 heavy (non-hydrogen) atoms. The van der Waals surface area contributed by atoms with Gasteiger partial charge in [-0.3, -0.25) is 0 Å². The molecule has 1 aromatic rings. The fourth-order valence-electron chi connectivity index (χ4n) is 0.974. The molecule has 0 aromatic carbocycles. The molecular weight excluding hydrogens is 202 g/mol. The molecule has 2 N–H and O–H groups in total. The van der Waals surface area contributed by atoms with Gasteiger partial charge < -0.3 is 4.98 Å². The third-order valence-corrected chi connectivity index (χ3v) is 2.89. The first-order valence-electron chi connectivity index (χ1n) is 4.20. The molecule has 78 valence electrons. The van der Waals surface area contributed by atoms with Gasteiger partial charge in [0.1, 0.15) is 5.82 Å². The van der Waals surface area contributed by atoms with Gasteiger partial charge in [0, 0.05) is 25.4 Å². The zero-order valence-corrected chi connectivity index (χ0v) is 8.55. The Balaban J connectivity index is 2.31. The quantitative estimate of drug-likeness (QED) is 0.659. The van der Waals surface area contributed by atoms with Crippen molar-refractivity contribution in [2.45, 2.75) is 6.42 Å². The molecule has 0 unspecified atom stereocenters. The maximum Gasteiger partial charge on any atom is 0.215 e. The van der Waals surface area contributed by atoms with E-state index < -0.39 is 10.0 Å². The minimum Gasteiger partial charge on any atom is -0.349 e. The predicted molar refractivity (Wildman–Crippen MR) is 54.3 cm³/mol. The Kier molecular flexibility index (Phi) is 3.84. The number of sulfonamides is 1. The second kappa shape index (κ2) is 4.92. The van der Waals surface area contributed by atoms with Gasteiger partial charge in [0.05, 0.1) is 5.75 Å². The van der Waals surface area contributed by atoms with Crippen molar-refractivity contribution in [2.24, 2.45) is 0 Å². The van der Waals surface area contributed by atoms with Crippen LogP contribution < -0.4 is 4.72 Å². The van der Waals surface area contributed by atoms with E-state index in [9.17, 15) is 8.42 Å². The molecule has 0 aliphatic carbocycles. The summed E-state index contributed by atoms with van der Waals surface area (Å²) in [6, 6.07) is 0. The van der Waals surface area contributed by atoms with Crippen LogP contribution in [0.5, 0.6) is 0 Å². The Bertz CT molecular complexity index is 369. The number of hydrogen-bond donors (Lipinski definition) is 2. The maximum atomic E-state index is 11.1. The summed E-state index contributed by atoms with van der Waals surface area (Å²) in [5, 5.41) is 0. The lowest BCUT2D eigenvalue weighted by Crippen LogP contribution is -2.27. The van der Waals surface area contributed by atoms with E-state index in [2.05, 4.69) is 21.3 Å². The SMILES string of the molecule is C=CCS(=O)(=O)NCCc1ncc[nH]1. The largest absolute Gasteiger partial charge is 0.349 e. The van der Waals surface area contributed by atoms with Crippen LogP contribution in [0.3, 0.4) is 0 Å². The standard InChI is InChI=1S/C8H13N3O2S/c1-2-7-14(12,13)11-4-3-8-9-5-6-10-8/h2,5-6,11H,1,3-4,7H2,(H,9,10). The Morgan fingerprint density at radius 1 is 1.64 bits per heavy atom. The van der Waals surface area contributed by atoms with E-state index in [0.29, 0.717) is 13.0 Å². The summed E-state index contributed by atoms with van der Waals surface area (Å²) in [5.41, 5.74) is 0. The van der Waals surface area contributed by atoms with Crippen molar-refractivity contribution in [1.29, 1.82) is 0 Å². The molecule has 1 heterocycles. The summed E-state index contributed by atoms with van der Waals surface area (Å²) >= 11 is 0. The van der Waals surface area contributed by atoms with Crippen molar-refractivity contribution in [1.82, 2.24) is 14.7 Å². The second-order valence-electron chi connectivity index (χ2n) is 2.75. The monoisotopic (exact) mass is 215 g/mol. The smallest absolute Gasteiger partial charge is 0.215 e.